The van der Waals surface area contributed by atoms with Crippen molar-refractivity contribution in [1.82, 2.24) is 5.01 Å². The Kier molecular flexibility index (Phi) is 3.66. The standard InChI is InChI=1S/C23H19N3O5/c1-11-2-4-15(18(8-11)26(29)30)19-7-3-12(31-19)10-24-25-22(27)20-13-5-6-14(17-9-16(13)17)21(20)23(25)28/h2-8,10,13-14,16-17,20-21H,9H2,1H3/b24-10-/t13-,14-,16-,17+,20+,21+/m0/s1. The summed E-state index contributed by atoms with van der Waals surface area (Å²) in [6.45, 7) is 1.78. The van der Waals surface area contributed by atoms with E-state index in [4.69, 9.17) is 4.42 Å². The van der Waals surface area contributed by atoms with E-state index in [0.29, 0.717) is 28.9 Å². The van der Waals surface area contributed by atoms with E-state index in [9.17, 15) is 19.7 Å². The van der Waals surface area contributed by atoms with Crippen molar-refractivity contribution < 1.29 is 18.9 Å². The number of nitro benzene ring substituents is 1. The third kappa shape index (κ3) is 2.57. The van der Waals surface area contributed by atoms with Crippen LogP contribution in [0.3, 0.4) is 0 Å². The summed E-state index contributed by atoms with van der Waals surface area (Å²) in [5.74, 6) is 0.922. The van der Waals surface area contributed by atoms with Crippen molar-refractivity contribution in [2.75, 3.05) is 0 Å². The van der Waals surface area contributed by atoms with Crippen LogP contribution >= 0.6 is 0 Å². The molecule has 1 aliphatic heterocycles. The lowest BCUT2D eigenvalue weighted by atomic mass is 9.63. The van der Waals surface area contributed by atoms with Crippen molar-refractivity contribution in [3.8, 4) is 11.3 Å². The van der Waals surface area contributed by atoms with E-state index in [2.05, 4.69) is 17.3 Å². The Morgan fingerprint density at radius 1 is 1.10 bits per heavy atom. The summed E-state index contributed by atoms with van der Waals surface area (Å²) in [5, 5.41) is 16.5. The molecule has 8 nitrogen and oxygen atoms in total. The number of hydrazone groups is 1. The molecule has 6 atom stereocenters. The highest BCUT2D eigenvalue weighted by molar-refractivity contribution is 6.06. The van der Waals surface area contributed by atoms with E-state index in [1.54, 1.807) is 31.2 Å². The number of hydrogen-bond donors (Lipinski definition) is 0. The van der Waals surface area contributed by atoms with Gasteiger partial charge >= 0.3 is 0 Å². The third-order valence-electron chi connectivity index (χ3n) is 7.18. The van der Waals surface area contributed by atoms with Gasteiger partial charge in [0, 0.05) is 6.07 Å². The molecule has 3 fully saturated rings. The van der Waals surface area contributed by atoms with Gasteiger partial charge in [0.05, 0.1) is 28.5 Å². The van der Waals surface area contributed by atoms with Crippen LogP contribution in [0.15, 0.2) is 52.0 Å². The molecule has 0 N–H and O–H groups in total. The minimum absolute atomic E-state index is 0.0478. The second kappa shape index (κ2) is 6.23. The molecule has 7 rings (SSSR count). The van der Waals surface area contributed by atoms with Crippen LogP contribution < -0.4 is 0 Å². The van der Waals surface area contributed by atoms with E-state index in [-0.39, 0.29) is 41.2 Å². The number of imide groups is 1. The van der Waals surface area contributed by atoms with Gasteiger partial charge in [0.1, 0.15) is 11.5 Å². The number of allylic oxidation sites excluding steroid dienone is 2. The van der Waals surface area contributed by atoms with Gasteiger partial charge in [0.2, 0.25) is 0 Å². The number of rotatable bonds is 4. The van der Waals surface area contributed by atoms with Gasteiger partial charge in [-0.25, -0.2) is 0 Å². The van der Waals surface area contributed by atoms with Gasteiger partial charge in [-0.3, -0.25) is 19.7 Å². The topological polar surface area (TPSA) is 106 Å². The van der Waals surface area contributed by atoms with Crippen LogP contribution in [0.4, 0.5) is 5.69 Å². The van der Waals surface area contributed by atoms with E-state index in [1.165, 1.54) is 12.3 Å². The number of nitrogens with zero attached hydrogens (tertiary/aromatic N) is 3. The zero-order chi connectivity index (χ0) is 21.4. The highest BCUT2D eigenvalue weighted by Crippen LogP contribution is 2.65. The van der Waals surface area contributed by atoms with E-state index < -0.39 is 4.92 Å². The fraction of sp³-hybridized carbons (Fsp3) is 0.348. The molecule has 4 aliphatic carbocycles. The van der Waals surface area contributed by atoms with Gasteiger partial charge in [-0.05, 0) is 60.8 Å². The molecular formula is C23H19N3O5. The Balaban J connectivity index is 1.26. The zero-order valence-corrected chi connectivity index (χ0v) is 16.7. The monoisotopic (exact) mass is 417 g/mol. The van der Waals surface area contributed by atoms with Crippen LogP contribution in [0.1, 0.15) is 17.7 Å². The van der Waals surface area contributed by atoms with Crippen molar-refractivity contribution >= 4 is 23.7 Å². The molecule has 1 saturated heterocycles. The molecule has 1 aromatic heterocycles. The highest BCUT2D eigenvalue weighted by atomic mass is 16.6. The first-order chi connectivity index (χ1) is 14.9. The summed E-state index contributed by atoms with van der Waals surface area (Å²) in [7, 11) is 0. The predicted molar refractivity (Wildman–Crippen MR) is 110 cm³/mol. The second-order valence-electron chi connectivity index (χ2n) is 8.87. The van der Waals surface area contributed by atoms with Crippen LogP contribution in [0.2, 0.25) is 0 Å². The molecule has 156 valence electrons. The molecule has 2 bridgehead atoms. The smallest absolute Gasteiger partial charge is 0.280 e. The molecule has 2 aromatic rings. The summed E-state index contributed by atoms with van der Waals surface area (Å²) in [6, 6.07) is 8.13. The first-order valence-corrected chi connectivity index (χ1v) is 10.4. The zero-order valence-electron chi connectivity index (χ0n) is 16.7. The van der Waals surface area contributed by atoms with Gasteiger partial charge in [-0.1, -0.05) is 18.2 Å². The van der Waals surface area contributed by atoms with Gasteiger partial charge in [0.25, 0.3) is 17.5 Å². The molecule has 0 unspecified atom stereocenters. The van der Waals surface area contributed by atoms with Crippen molar-refractivity contribution in [3.05, 3.63) is 63.9 Å². The van der Waals surface area contributed by atoms with Crippen LogP contribution in [-0.4, -0.2) is 28.0 Å². The lowest BCUT2D eigenvalue weighted by Crippen LogP contribution is -2.40. The Hall–Kier alpha value is -3.55. The van der Waals surface area contributed by atoms with Crippen LogP contribution in [0.5, 0.6) is 0 Å². The number of furan rings is 1. The maximum Gasteiger partial charge on any atom is 0.280 e. The Labute approximate surface area is 177 Å². The Morgan fingerprint density at radius 2 is 1.77 bits per heavy atom. The summed E-state index contributed by atoms with van der Waals surface area (Å²) >= 11 is 0. The summed E-state index contributed by atoms with van der Waals surface area (Å²) in [5.41, 5.74) is 1.09. The number of carbonyl (C=O) groups excluding carboxylic acids is 2. The molecule has 31 heavy (non-hydrogen) atoms. The number of nitro groups is 1. The quantitative estimate of drug-likeness (QED) is 0.249. The highest BCUT2D eigenvalue weighted by Gasteiger charge is 2.67. The molecule has 2 heterocycles. The lowest BCUT2D eigenvalue weighted by molar-refractivity contribution is -0.384. The largest absolute Gasteiger partial charge is 0.455 e. The van der Waals surface area contributed by atoms with Gasteiger partial charge in [-0.15, -0.1) is 0 Å². The third-order valence-corrected chi connectivity index (χ3v) is 7.18. The minimum atomic E-state index is -0.450. The molecular weight excluding hydrogens is 398 g/mol. The average Bonchev–Trinajstić information content (AvgIpc) is 3.39. The Morgan fingerprint density at radius 3 is 2.42 bits per heavy atom. The molecule has 5 aliphatic rings. The molecule has 0 radical (unpaired) electrons. The van der Waals surface area contributed by atoms with Gasteiger partial charge in [0.15, 0.2) is 0 Å². The van der Waals surface area contributed by atoms with Crippen molar-refractivity contribution in [2.45, 2.75) is 13.3 Å². The molecule has 0 spiro atoms. The first-order valence-electron chi connectivity index (χ1n) is 10.4. The normalized spacial score (nSPS) is 32.6. The van der Waals surface area contributed by atoms with E-state index in [0.717, 1.165) is 17.0 Å². The van der Waals surface area contributed by atoms with Gasteiger partial charge < -0.3 is 4.42 Å². The van der Waals surface area contributed by atoms with E-state index >= 15 is 0 Å². The van der Waals surface area contributed by atoms with Crippen molar-refractivity contribution in [3.63, 3.8) is 0 Å². The maximum atomic E-state index is 13.0. The molecule has 2 amide bonds. The number of benzene rings is 1. The fourth-order valence-corrected chi connectivity index (χ4v) is 5.74. The van der Waals surface area contributed by atoms with Gasteiger partial charge in [-0.2, -0.15) is 10.1 Å². The number of aryl methyl sites for hydroxylation is 1. The average molecular weight is 417 g/mol. The SMILES string of the molecule is Cc1ccc(-c2ccc(/C=N\N3C(=O)[C@@H]4[C@H]5C=C[C@@H]([C@@H]6C[C@H]56)[C@H]4C3=O)o2)c([N+](=O)[O-])c1. The van der Waals surface area contributed by atoms with Crippen molar-refractivity contribution in [1.29, 1.82) is 0 Å². The number of hydrogen-bond acceptors (Lipinski definition) is 6. The van der Waals surface area contributed by atoms with E-state index in [1.807, 2.05) is 0 Å². The summed E-state index contributed by atoms with van der Waals surface area (Å²) in [4.78, 5) is 36.8. The first kappa shape index (κ1) is 18.2. The fourth-order valence-electron chi connectivity index (χ4n) is 5.74. The molecule has 2 saturated carbocycles. The van der Waals surface area contributed by atoms with Crippen LogP contribution in [0.25, 0.3) is 11.3 Å². The summed E-state index contributed by atoms with van der Waals surface area (Å²) in [6.07, 6.45) is 6.67. The second-order valence-corrected chi connectivity index (χ2v) is 8.87. The number of amides is 2. The van der Waals surface area contributed by atoms with Crippen LogP contribution in [-0.2, 0) is 9.59 Å². The minimum Gasteiger partial charge on any atom is -0.455 e. The molecule has 8 heteroatoms. The lowest BCUT2D eigenvalue weighted by Gasteiger charge is -2.37. The summed E-state index contributed by atoms with van der Waals surface area (Å²) < 4.78 is 5.71. The van der Waals surface area contributed by atoms with Crippen molar-refractivity contribution in [2.24, 2.45) is 40.6 Å². The maximum absolute atomic E-state index is 13.0. The molecule has 1 aromatic carbocycles. The Bertz CT molecular complexity index is 1180. The number of carbonyl (C=O) groups is 2. The predicted octanol–water partition coefficient (Wildman–Crippen LogP) is 3.55. The van der Waals surface area contributed by atoms with Crippen LogP contribution in [0, 0.1) is 52.5 Å².